The second-order valence-electron chi connectivity index (χ2n) is 5.08. The lowest BCUT2D eigenvalue weighted by molar-refractivity contribution is 0.457. The van der Waals surface area contributed by atoms with Gasteiger partial charge in [-0.25, -0.2) is 4.39 Å². The summed E-state index contributed by atoms with van der Waals surface area (Å²) in [4.78, 5) is 10.3. The summed E-state index contributed by atoms with van der Waals surface area (Å²) in [7, 11) is 0. The van der Waals surface area contributed by atoms with Crippen LogP contribution in [0.4, 0.5) is 10.1 Å². The molecular weight excluding hydrogens is 281 g/mol. The van der Waals surface area contributed by atoms with E-state index in [0.29, 0.717) is 16.5 Å². The topological polar surface area (TPSA) is 64.2 Å². The Morgan fingerprint density at radius 1 is 1.05 bits per heavy atom. The van der Waals surface area contributed by atoms with Crippen LogP contribution in [0.5, 0.6) is 5.88 Å². The van der Waals surface area contributed by atoms with E-state index in [1.54, 1.807) is 12.3 Å². The molecule has 22 heavy (non-hydrogen) atoms. The second-order valence-corrected chi connectivity index (χ2v) is 5.08. The van der Waals surface area contributed by atoms with E-state index >= 15 is 0 Å². The van der Waals surface area contributed by atoms with Gasteiger partial charge in [0.25, 0.3) is 0 Å². The molecule has 4 nitrogen and oxygen atoms in total. The van der Waals surface area contributed by atoms with Crippen molar-refractivity contribution in [3.8, 4) is 5.88 Å². The number of benzene rings is 2. The molecule has 0 bridgehead atoms. The summed E-state index contributed by atoms with van der Waals surface area (Å²) in [6, 6.07) is 12.0. The second kappa shape index (κ2) is 4.73. The van der Waals surface area contributed by atoms with Crippen LogP contribution < -0.4 is 0 Å². The van der Waals surface area contributed by atoms with Crippen LogP contribution in [0.25, 0.3) is 21.8 Å². The number of rotatable bonds is 2. The van der Waals surface area contributed by atoms with Crippen molar-refractivity contribution in [2.45, 2.75) is 0 Å². The molecule has 0 fully saturated rings. The summed E-state index contributed by atoms with van der Waals surface area (Å²) >= 11 is 0. The molecule has 2 aromatic carbocycles. The van der Waals surface area contributed by atoms with E-state index < -0.39 is 0 Å². The Labute approximate surface area is 124 Å². The predicted octanol–water partition coefficient (Wildman–Crippen LogP) is 4.24. The van der Waals surface area contributed by atoms with E-state index in [1.165, 1.54) is 12.1 Å². The summed E-state index contributed by atoms with van der Waals surface area (Å²) in [5.41, 5.74) is 2.94. The highest BCUT2D eigenvalue weighted by atomic mass is 19.1. The number of nitrogens with zero attached hydrogens (tertiary/aromatic N) is 1. The van der Waals surface area contributed by atoms with Crippen LogP contribution in [-0.2, 0) is 0 Å². The molecule has 2 heterocycles. The fourth-order valence-electron chi connectivity index (χ4n) is 2.56. The van der Waals surface area contributed by atoms with E-state index in [4.69, 9.17) is 0 Å². The first-order valence-corrected chi connectivity index (χ1v) is 6.82. The molecule has 0 radical (unpaired) electrons. The van der Waals surface area contributed by atoms with Gasteiger partial charge in [0.15, 0.2) is 5.88 Å². The lowest BCUT2D eigenvalue weighted by atomic mass is 10.2. The minimum Gasteiger partial charge on any atom is -0.494 e. The zero-order valence-electron chi connectivity index (χ0n) is 11.5. The number of hydrogen-bond donors (Lipinski definition) is 3. The monoisotopic (exact) mass is 293 g/mol. The smallest absolute Gasteiger partial charge is 0.198 e. The zero-order chi connectivity index (χ0) is 15.1. The molecule has 5 heteroatoms. The quantitative estimate of drug-likeness (QED) is 0.475. The Hall–Kier alpha value is -3.08. The van der Waals surface area contributed by atoms with Crippen molar-refractivity contribution in [3.63, 3.8) is 0 Å². The van der Waals surface area contributed by atoms with Crippen molar-refractivity contribution in [1.29, 1.82) is 0 Å². The first-order valence-electron chi connectivity index (χ1n) is 6.82. The van der Waals surface area contributed by atoms with Gasteiger partial charge in [0.05, 0.1) is 11.3 Å². The van der Waals surface area contributed by atoms with E-state index in [2.05, 4.69) is 15.0 Å². The fourth-order valence-corrected chi connectivity index (χ4v) is 2.56. The first-order chi connectivity index (χ1) is 10.7. The summed E-state index contributed by atoms with van der Waals surface area (Å²) in [6.07, 6.45) is 3.41. The van der Waals surface area contributed by atoms with Crippen LogP contribution in [0.15, 0.2) is 53.7 Å². The Bertz CT molecular complexity index is 1010. The summed E-state index contributed by atoms with van der Waals surface area (Å²) < 4.78 is 13.4. The van der Waals surface area contributed by atoms with Crippen LogP contribution in [-0.4, -0.2) is 21.3 Å². The number of H-pyrrole nitrogens is 2. The molecule has 0 spiro atoms. The largest absolute Gasteiger partial charge is 0.494 e. The maximum atomic E-state index is 13.4. The van der Waals surface area contributed by atoms with Gasteiger partial charge in [0, 0.05) is 34.2 Å². The average Bonchev–Trinajstić information content (AvgIpc) is 3.08. The minimum absolute atomic E-state index is 0.0212. The van der Waals surface area contributed by atoms with Crippen molar-refractivity contribution in [2.24, 2.45) is 4.99 Å². The van der Waals surface area contributed by atoms with Crippen LogP contribution in [0.1, 0.15) is 5.56 Å². The molecule has 4 rings (SSSR count). The predicted molar refractivity (Wildman–Crippen MR) is 85.5 cm³/mol. The fraction of sp³-hybridized carbons (Fsp3) is 0. The summed E-state index contributed by atoms with van der Waals surface area (Å²) in [5, 5.41) is 11.6. The average molecular weight is 293 g/mol. The third kappa shape index (κ3) is 2.03. The van der Waals surface area contributed by atoms with Crippen molar-refractivity contribution in [2.75, 3.05) is 0 Å². The molecule has 0 saturated carbocycles. The highest BCUT2D eigenvalue weighted by Crippen LogP contribution is 2.27. The van der Waals surface area contributed by atoms with Gasteiger partial charge in [-0.15, -0.1) is 0 Å². The van der Waals surface area contributed by atoms with Gasteiger partial charge in [-0.2, -0.15) is 0 Å². The lowest BCUT2D eigenvalue weighted by Gasteiger charge is -1.96. The third-order valence-electron chi connectivity index (χ3n) is 3.66. The minimum atomic E-state index is -0.352. The van der Waals surface area contributed by atoms with E-state index in [9.17, 15) is 9.50 Å². The van der Waals surface area contributed by atoms with Gasteiger partial charge in [0.1, 0.15) is 5.82 Å². The number of nitrogens with one attached hydrogen (secondary N) is 2. The lowest BCUT2D eigenvalue weighted by Crippen LogP contribution is -1.80. The number of hydrogen-bond acceptors (Lipinski definition) is 2. The van der Waals surface area contributed by atoms with Crippen LogP contribution >= 0.6 is 0 Å². The van der Waals surface area contributed by atoms with Gasteiger partial charge in [-0.1, -0.05) is 0 Å². The number of aromatic nitrogens is 2. The normalized spacial score (nSPS) is 11.9. The van der Waals surface area contributed by atoms with Gasteiger partial charge in [-0.3, -0.25) is 4.99 Å². The van der Waals surface area contributed by atoms with E-state index in [1.807, 2.05) is 30.5 Å². The molecule has 108 valence electrons. The SMILES string of the molecule is Oc1[nH]c2ccc(F)cc2c1C=Nc1ccc2[nH]ccc2c1. The zero-order valence-corrected chi connectivity index (χ0v) is 11.5. The highest BCUT2D eigenvalue weighted by Gasteiger charge is 2.09. The van der Waals surface area contributed by atoms with Crippen molar-refractivity contribution < 1.29 is 9.50 Å². The van der Waals surface area contributed by atoms with Crippen molar-refractivity contribution in [1.82, 2.24) is 9.97 Å². The van der Waals surface area contributed by atoms with Crippen LogP contribution in [0, 0.1) is 5.82 Å². The molecule has 0 saturated heterocycles. The van der Waals surface area contributed by atoms with Gasteiger partial charge >= 0.3 is 0 Å². The number of aromatic amines is 2. The molecule has 0 unspecified atom stereocenters. The van der Waals surface area contributed by atoms with Crippen LogP contribution in [0.3, 0.4) is 0 Å². The Kier molecular flexibility index (Phi) is 2.72. The molecule has 4 aromatic rings. The molecule has 0 atom stereocenters. The molecule has 3 N–H and O–H groups in total. The first kappa shape index (κ1) is 12.6. The summed E-state index contributed by atoms with van der Waals surface area (Å²) in [6.45, 7) is 0. The van der Waals surface area contributed by atoms with E-state index in [-0.39, 0.29) is 11.7 Å². The summed E-state index contributed by atoms with van der Waals surface area (Å²) in [5.74, 6) is -0.373. The van der Waals surface area contributed by atoms with Gasteiger partial charge < -0.3 is 15.1 Å². The standard InChI is InChI=1S/C17H12FN3O/c18-11-1-3-16-13(8-11)14(17(22)21-16)9-20-12-2-4-15-10(7-12)5-6-19-15/h1-9,19,21-22H. The molecule has 0 amide bonds. The number of fused-ring (bicyclic) bond motifs is 2. The van der Waals surface area contributed by atoms with Crippen molar-refractivity contribution in [3.05, 3.63) is 60.0 Å². The highest BCUT2D eigenvalue weighted by molar-refractivity contribution is 6.02. The van der Waals surface area contributed by atoms with Crippen LogP contribution in [0.2, 0.25) is 0 Å². The molecule has 0 aliphatic heterocycles. The van der Waals surface area contributed by atoms with Crippen molar-refractivity contribution >= 4 is 33.7 Å². The number of aromatic hydroxyl groups is 1. The number of halogens is 1. The molecular formula is C17H12FN3O. The molecule has 0 aliphatic rings. The maximum Gasteiger partial charge on any atom is 0.198 e. The maximum absolute atomic E-state index is 13.4. The van der Waals surface area contributed by atoms with E-state index in [0.717, 1.165) is 16.6 Å². The Balaban J connectivity index is 1.78. The third-order valence-corrected chi connectivity index (χ3v) is 3.66. The Morgan fingerprint density at radius 2 is 1.91 bits per heavy atom. The molecule has 0 aliphatic carbocycles. The van der Waals surface area contributed by atoms with Gasteiger partial charge in [0.2, 0.25) is 0 Å². The number of aliphatic imine (C=N–C) groups is 1. The molecule has 2 aromatic heterocycles. The van der Waals surface area contributed by atoms with Gasteiger partial charge in [-0.05, 0) is 42.5 Å². The Morgan fingerprint density at radius 3 is 2.82 bits per heavy atom.